The van der Waals surface area contributed by atoms with Crippen molar-refractivity contribution < 1.29 is 4.74 Å². The molecule has 4 heterocycles. The van der Waals surface area contributed by atoms with Gasteiger partial charge in [-0.05, 0) is 32.9 Å². The first-order valence-corrected chi connectivity index (χ1v) is 9.77. The number of anilines is 1. The predicted octanol–water partition coefficient (Wildman–Crippen LogP) is 2.81. The molecule has 1 aliphatic rings. The van der Waals surface area contributed by atoms with Crippen LogP contribution < -0.4 is 4.90 Å². The number of hydrogen-bond donors (Lipinski definition) is 0. The Morgan fingerprint density at radius 3 is 2.76 bits per heavy atom. The van der Waals surface area contributed by atoms with Gasteiger partial charge in [0.05, 0.1) is 30.6 Å². The van der Waals surface area contributed by atoms with Crippen molar-refractivity contribution in [2.24, 2.45) is 0 Å². The molecular formula is C21H23N7O. The highest BCUT2D eigenvalue weighted by atomic mass is 16.5. The van der Waals surface area contributed by atoms with Gasteiger partial charge >= 0.3 is 0 Å². The van der Waals surface area contributed by atoms with E-state index in [4.69, 9.17) is 9.84 Å². The maximum absolute atomic E-state index is 5.90. The monoisotopic (exact) mass is 389 g/mol. The van der Waals surface area contributed by atoms with Crippen LogP contribution >= 0.6 is 0 Å². The van der Waals surface area contributed by atoms with Crippen molar-refractivity contribution in [2.45, 2.75) is 26.8 Å². The van der Waals surface area contributed by atoms with Crippen LogP contribution in [0.1, 0.15) is 28.7 Å². The quantitative estimate of drug-likeness (QED) is 0.536. The number of aryl methyl sites for hydroxylation is 2. The van der Waals surface area contributed by atoms with E-state index in [0.29, 0.717) is 19.0 Å². The van der Waals surface area contributed by atoms with Gasteiger partial charge in [-0.2, -0.15) is 19.7 Å². The lowest BCUT2D eigenvalue weighted by atomic mass is 10.0. The second kappa shape index (κ2) is 6.97. The molecule has 8 heteroatoms. The Morgan fingerprint density at radius 2 is 1.93 bits per heavy atom. The summed E-state index contributed by atoms with van der Waals surface area (Å²) < 4.78 is 9.71. The lowest BCUT2D eigenvalue weighted by Crippen LogP contribution is -2.41. The molecule has 0 aliphatic carbocycles. The molecule has 0 radical (unpaired) electrons. The minimum absolute atomic E-state index is 0.0374. The number of nitrogens with zero attached hydrogens (tertiary/aromatic N) is 7. The van der Waals surface area contributed by atoms with Crippen LogP contribution in [-0.2, 0) is 4.74 Å². The molecule has 29 heavy (non-hydrogen) atoms. The van der Waals surface area contributed by atoms with E-state index in [0.717, 1.165) is 35.1 Å². The Hall–Kier alpha value is -3.26. The summed E-state index contributed by atoms with van der Waals surface area (Å²) in [5, 5.41) is 9.24. The lowest BCUT2D eigenvalue weighted by Gasteiger charge is -2.37. The summed E-state index contributed by atoms with van der Waals surface area (Å²) in [5.41, 5.74) is 5.29. The fourth-order valence-corrected chi connectivity index (χ4v) is 4.19. The number of fused-ring (bicyclic) bond motifs is 1. The molecule has 3 aromatic heterocycles. The standard InChI is InChI=1S/C21H23N7O/c1-14-11-19(28-21(24-14)22-13-23-28)26-9-10-29-12-18(26)20-15(2)25-27(16(20)3)17-7-5-4-6-8-17/h4-8,11,13,18H,9-10,12H2,1-3H3/t18-/m1/s1. The summed E-state index contributed by atoms with van der Waals surface area (Å²) in [6, 6.07) is 12.3. The van der Waals surface area contributed by atoms with Crippen LogP contribution in [0.4, 0.5) is 5.82 Å². The molecule has 0 saturated carbocycles. The molecule has 0 unspecified atom stereocenters. The van der Waals surface area contributed by atoms with Crippen molar-refractivity contribution in [2.75, 3.05) is 24.7 Å². The molecule has 0 amide bonds. The number of para-hydroxylation sites is 1. The summed E-state index contributed by atoms with van der Waals surface area (Å²) >= 11 is 0. The number of ether oxygens (including phenoxy) is 1. The third kappa shape index (κ3) is 2.96. The van der Waals surface area contributed by atoms with E-state index in [1.54, 1.807) is 10.8 Å². The van der Waals surface area contributed by atoms with Crippen LogP contribution in [0.15, 0.2) is 42.7 Å². The zero-order valence-corrected chi connectivity index (χ0v) is 16.8. The summed E-state index contributed by atoms with van der Waals surface area (Å²) in [6.07, 6.45) is 1.55. The molecule has 5 rings (SSSR count). The maximum atomic E-state index is 5.90. The summed E-state index contributed by atoms with van der Waals surface area (Å²) in [6.45, 7) is 8.20. The highest BCUT2D eigenvalue weighted by Gasteiger charge is 2.32. The molecule has 0 N–H and O–H groups in total. The highest BCUT2D eigenvalue weighted by molar-refractivity contribution is 5.51. The Balaban J connectivity index is 1.63. The Labute approximate surface area is 168 Å². The summed E-state index contributed by atoms with van der Waals surface area (Å²) in [7, 11) is 0. The van der Waals surface area contributed by atoms with Crippen LogP contribution in [0.3, 0.4) is 0 Å². The second-order valence-electron chi connectivity index (χ2n) is 7.34. The van der Waals surface area contributed by atoms with E-state index in [-0.39, 0.29) is 6.04 Å². The van der Waals surface area contributed by atoms with Gasteiger partial charge in [-0.15, -0.1) is 0 Å². The van der Waals surface area contributed by atoms with Gasteiger partial charge in [0, 0.05) is 29.6 Å². The van der Waals surface area contributed by atoms with Crippen LogP contribution in [0.5, 0.6) is 0 Å². The highest BCUT2D eigenvalue weighted by Crippen LogP contribution is 2.34. The molecule has 0 spiro atoms. The van der Waals surface area contributed by atoms with Gasteiger partial charge in [0.1, 0.15) is 12.1 Å². The largest absolute Gasteiger partial charge is 0.377 e. The Bertz CT molecular complexity index is 1160. The van der Waals surface area contributed by atoms with Crippen LogP contribution in [0, 0.1) is 20.8 Å². The normalized spacial score (nSPS) is 17.2. The van der Waals surface area contributed by atoms with Crippen molar-refractivity contribution in [3.8, 4) is 5.69 Å². The van der Waals surface area contributed by atoms with Crippen LogP contribution in [0.2, 0.25) is 0 Å². The first kappa shape index (κ1) is 17.8. The van der Waals surface area contributed by atoms with Gasteiger partial charge < -0.3 is 9.64 Å². The Kier molecular flexibility index (Phi) is 4.28. The molecule has 1 saturated heterocycles. The fraction of sp³-hybridized carbons (Fsp3) is 0.333. The molecular weight excluding hydrogens is 366 g/mol. The van der Waals surface area contributed by atoms with Crippen molar-refractivity contribution in [3.05, 3.63) is 65.4 Å². The van der Waals surface area contributed by atoms with Crippen LogP contribution in [0.25, 0.3) is 11.5 Å². The van der Waals surface area contributed by atoms with Gasteiger partial charge in [-0.25, -0.2) is 9.67 Å². The SMILES string of the molecule is Cc1cc(N2CCOC[C@@H]2c2c(C)nn(-c3ccccc3)c2C)n2ncnc2n1. The second-order valence-corrected chi connectivity index (χ2v) is 7.34. The molecule has 148 valence electrons. The molecule has 1 aliphatic heterocycles. The number of rotatable bonds is 3. The van der Waals surface area contributed by atoms with E-state index < -0.39 is 0 Å². The first-order chi connectivity index (χ1) is 14.1. The van der Waals surface area contributed by atoms with Gasteiger partial charge in [-0.3, -0.25) is 0 Å². The van der Waals surface area contributed by atoms with Crippen molar-refractivity contribution >= 4 is 11.6 Å². The summed E-state index contributed by atoms with van der Waals surface area (Å²) in [5.74, 6) is 1.59. The number of morpholine rings is 1. The lowest BCUT2D eigenvalue weighted by molar-refractivity contribution is 0.0931. The Morgan fingerprint density at radius 1 is 1.10 bits per heavy atom. The van der Waals surface area contributed by atoms with Crippen molar-refractivity contribution in [3.63, 3.8) is 0 Å². The van der Waals surface area contributed by atoms with Gasteiger partial charge in [-0.1, -0.05) is 18.2 Å². The first-order valence-electron chi connectivity index (χ1n) is 9.77. The van der Waals surface area contributed by atoms with Crippen molar-refractivity contribution in [1.29, 1.82) is 0 Å². The van der Waals surface area contributed by atoms with E-state index in [2.05, 4.69) is 52.0 Å². The minimum atomic E-state index is 0.0374. The van der Waals surface area contributed by atoms with Gasteiger partial charge in [0.2, 0.25) is 0 Å². The van der Waals surface area contributed by atoms with E-state index >= 15 is 0 Å². The van der Waals surface area contributed by atoms with Gasteiger partial charge in [0.25, 0.3) is 5.78 Å². The predicted molar refractivity (Wildman–Crippen MR) is 109 cm³/mol. The minimum Gasteiger partial charge on any atom is -0.377 e. The van der Waals surface area contributed by atoms with E-state index in [1.165, 1.54) is 5.56 Å². The molecule has 8 nitrogen and oxygen atoms in total. The number of aromatic nitrogens is 6. The van der Waals surface area contributed by atoms with Crippen molar-refractivity contribution in [1.82, 2.24) is 29.4 Å². The molecule has 1 fully saturated rings. The average molecular weight is 389 g/mol. The fourth-order valence-electron chi connectivity index (χ4n) is 4.19. The third-order valence-corrected chi connectivity index (χ3v) is 5.47. The molecule has 1 aromatic carbocycles. The van der Waals surface area contributed by atoms with E-state index in [9.17, 15) is 0 Å². The molecule has 1 atom stereocenters. The third-order valence-electron chi connectivity index (χ3n) is 5.47. The van der Waals surface area contributed by atoms with Crippen LogP contribution in [-0.4, -0.2) is 49.1 Å². The van der Waals surface area contributed by atoms with Gasteiger partial charge in [0.15, 0.2) is 0 Å². The topological polar surface area (TPSA) is 73.4 Å². The maximum Gasteiger partial charge on any atom is 0.254 e. The smallest absolute Gasteiger partial charge is 0.254 e. The average Bonchev–Trinajstić information content (AvgIpc) is 3.32. The van der Waals surface area contributed by atoms with E-state index in [1.807, 2.05) is 29.8 Å². The zero-order valence-electron chi connectivity index (χ0n) is 16.8. The molecule has 4 aromatic rings. The summed E-state index contributed by atoms with van der Waals surface area (Å²) in [4.78, 5) is 11.1. The zero-order chi connectivity index (χ0) is 20.0. The molecule has 0 bridgehead atoms. The number of hydrogen-bond acceptors (Lipinski definition) is 6. The number of benzene rings is 1.